The lowest BCUT2D eigenvalue weighted by Gasteiger charge is -2.14. The van der Waals surface area contributed by atoms with Crippen LogP contribution in [0.25, 0.3) is 0 Å². The molecule has 0 saturated carbocycles. The smallest absolute Gasteiger partial charge is 0.163 e. The van der Waals surface area contributed by atoms with Gasteiger partial charge in [0.2, 0.25) is 0 Å². The van der Waals surface area contributed by atoms with Crippen molar-refractivity contribution in [3.63, 3.8) is 0 Å². The van der Waals surface area contributed by atoms with E-state index in [9.17, 15) is 0 Å². The summed E-state index contributed by atoms with van der Waals surface area (Å²) in [6.45, 7) is 2.50. The average Bonchev–Trinajstić information content (AvgIpc) is 2.64. The molecule has 0 radical (unpaired) electrons. The summed E-state index contributed by atoms with van der Waals surface area (Å²) in [5.74, 6) is 1.19. The molecule has 0 unspecified atom stereocenters. The molecule has 0 spiro atoms. The van der Waals surface area contributed by atoms with Gasteiger partial charge in [-0.15, -0.1) is 0 Å². The molecule has 0 atom stereocenters. The molecule has 2 aromatic carbocycles. The molecule has 2 aromatic rings. The number of aliphatic hydroxyl groups excluding tert-OH is 1. The Balaban J connectivity index is 1.95. The second-order valence-electron chi connectivity index (χ2n) is 5.53. The molecule has 2 N–H and O–H groups in total. The molecule has 26 heavy (non-hydrogen) atoms. The number of ether oxygens (including phenoxy) is 3. The van der Waals surface area contributed by atoms with Crippen molar-refractivity contribution in [3.05, 3.63) is 57.6 Å². The van der Waals surface area contributed by atoms with Crippen molar-refractivity contribution >= 4 is 23.2 Å². The molecule has 0 fully saturated rings. The Labute approximate surface area is 163 Å². The molecule has 0 aromatic heterocycles. The summed E-state index contributed by atoms with van der Waals surface area (Å²) in [5, 5.41) is 13.2. The van der Waals surface area contributed by atoms with Crippen LogP contribution < -0.4 is 14.8 Å². The zero-order valence-electron chi connectivity index (χ0n) is 14.6. The molecule has 142 valence electrons. The van der Waals surface area contributed by atoms with Crippen molar-refractivity contribution in [2.75, 3.05) is 33.5 Å². The highest BCUT2D eigenvalue weighted by molar-refractivity contribution is 6.31. The van der Waals surface area contributed by atoms with Crippen molar-refractivity contribution in [1.29, 1.82) is 0 Å². The predicted molar refractivity (Wildman–Crippen MR) is 103 cm³/mol. The van der Waals surface area contributed by atoms with Crippen molar-refractivity contribution in [2.24, 2.45) is 0 Å². The Morgan fingerprint density at radius 3 is 2.65 bits per heavy atom. The normalized spacial score (nSPS) is 10.8. The van der Waals surface area contributed by atoms with Gasteiger partial charge in [0.1, 0.15) is 6.61 Å². The Morgan fingerprint density at radius 1 is 1.08 bits per heavy atom. The topological polar surface area (TPSA) is 60.0 Å². The van der Waals surface area contributed by atoms with Crippen LogP contribution in [0.1, 0.15) is 11.1 Å². The SMILES string of the molecule is COc1cc(CNCCOCCO)c(Cl)cc1OCc1cccc(Cl)c1. The quantitative estimate of drug-likeness (QED) is 0.564. The first-order chi connectivity index (χ1) is 12.6. The van der Waals surface area contributed by atoms with E-state index >= 15 is 0 Å². The molecular weight excluding hydrogens is 377 g/mol. The van der Waals surface area contributed by atoms with Gasteiger partial charge in [-0.1, -0.05) is 35.3 Å². The van der Waals surface area contributed by atoms with Crippen molar-refractivity contribution in [2.45, 2.75) is 13.2 Å². The molecule has 7 heteroatoms. The lowest BCUT2D eigenvalue weighted by Crippen LogP contribution is -2.20. The monoisotopic (exact) mass is 399 g/mol. The highest BCUT2D eigenvalue weighted by Gasteiger charge is 2.11. The summed E-state index contributed by atoms with van der Waals surface area (Å²) in [6, 6.07) is 11.1. The number of benzene rings is 2. The molecule has 0 aliphatic carbocycles. The van der Waals surface area contributed by atoms with Crippen molar-refractivity contribution in [1.82, 2.24) is 5.32 Å². The molecule has 0 aliphatic rings. The van der Waals surface area contributed by atoms with Gasteiger partial charge >= 0.3 is 0 Å². The van der Waals surface area contributed by atoms with E-state index in [1.807, 2.05) is 30.3 Å². The maximum Gasteiger partial charge on any atom is 0.163 e. The van der Waals surface area contributed by atoms with Crippen LogP contribution in [0.15, 0.2) is 36.4 Å². The number of rotatable bonds is 11. The van der Waals surface area contributed by atoms with Crippen molar-refractivity contribution < 1.29 is 19.3 Å². The molecule has 2 rings (SSSR count). The number of hydrogen-bond acceptors (Lipinski definition) is 5. The van der Waals surface area contributed by atoms with E-state index < -0.39 is 0 Å². The zero-order valence-corrected chi connectivity index (χ0v) is 16.1. The third-order valence-corrected chi connectivity index (χ3v) is 4.18. The molecule has 0 amide bonds. The number of halogens is 2. The van der Waals surface area contributed by atoms with Crippen LogP contribution in [0, 0.1) is 0 Å². The van der Waals surface area contributed by atoms with E-state index in [1.54, 1.807) is 13.2 Å². The summed E-state index contributed by atoms with van der Waals surface area (Å²) in [7, 11) is 1.59. The molecule has 0 bridgehead atoms. The fraction of sp³-hybridized carbons (Fsp3) is 0.368. The Bertz CT molecular complexity index is 697. The van der Waals surface area contributed by atoms with E-state index in [-0.39, 0.29) is 6.61 Å². The number of hydrogen-bond donors (Lipinski definition) is 2. The van der Waals surface area contributed by atoms with E-state index in [1.165, 1.54) is 0 Å². The van der Waals surface area contributed by atoms with Gasteiger partial charge < -0.3 is 24.6 Å². The summed E-state index contributed by atoms with van der Waals surface area (Å²) in [6.07, 6.45) is 0. The molecule has 0 saturated heterocycles. The lowest BCUT2D eigenvalue weighted by molar-refractivity contribution is 0.0938. The van der Waals surface area contributed by atoms with Gasteiger partial charge in [0, 0.05) is 29.2 Å². The van der Waals surface area contributed by atoms with Gasteiger partial charge in [-0.05, 0) is 29.3 Å². The first-order valence-corrected chi connectivity index (χ1v) is 9.02. The van der Waals surface area contributed by atoms with Crippen LogP contribution in [0.4, 0.5) is 0 Å². The minimum absolute atomic E-state index is 0.0275. The maximum absolute atomic E-state index is 8.66. The minimum Gasteiger partial charge on any atom is -0.493 e. The third kappa shape index (κ3) is 6.67. The van der Waals surface area contributed by atoms with Crippen LogP contribution in [0.2, 0.25) is 10.0 Å². The van der Waals surface area contributed by atoms with E-state index in [0.717, 1.165) is 11.1 Å². The Hall–Kier alpha value is -1.50. The summed E-state index contributed by atoms with van der Waals surface area (Å²) >= 11 is 12.4. The number of aliphatic hydroxyl groups is 1. The zero-order chi connectivity index (χ0) is 18.8. The van der Waals surface area contributed by atoms with Gasteiger partial charge in [-0.2, -0.15) is 0 Å². The summed E-state index contributed by atoms with van der Waals surface area (Å²) < 4.78 is 16.5. The van der Waals surface area contributed by atoms with Gasteiger partial charge in [0.25, 0.3) is 0 Å². The Morgan fingerprint density at radius 2 is 1.92 bits per heavy atom. The Kier molecular flexibility index (Phi) is 9.01. The minimum atomic E-state index is 0.0275. The summed E-state index contributed by atoms with van der Waals surface area (Å²) in [4.78, 5) is 0. The van der Waals surface area contributed by atoms with Crippen LogP contribution in [-0.4, -0.2) is 38.6 Å². The second kappa shape index (κ2) is 11.3. The van der Waals surface area contributed by atoms with Crippen molar-refractivity contribution in [3.8, 4) is 11.5 Å². The van der Waals surface area contributed by atoms with Crippen LogP contribution in [0.3, 0.4) is 0 Å². The highest BCUT2D eigenvalue weighted by Crippen LogP contribution is 2.34. The largest absolute Gasteiger partial charge is 0.493 e. The first-order valence-electron chi connectivity index (χ1n) is 8.27. The van der Waals surface area contributed by atoms with E-state index in [2.05, 4.69) is 5.32 Å². The van der Waals surface area contributed by atoms with Crippen LogP contribution >= 0.6 is 23.2 Å². The van der Waals surface area contributed by atoms with Crippen LogP contribution in [0.5, 0.6) is 11.5 Å². The van der Waals surface area contributed by atoms with E-state index in [0.29, 0.717) is 54.5 Å². The maximum atomic E-state index is 8.66. The molecule has 0 aliphatic heterocycles. The highest BCUT2D eigenvalue weighted by atomic mass is 35.5. The predicted octanol–water partition coefficient (Wildman–Crippen LogP) is 3.68. The van der Waals surface area contributed by atoms with Gasteiger partial charge in [0.15, 0.2) is 11.5 Å². The van der Waals surface area contributed by atoms with Gasteiger partial charge in [0.05, 0.1) is 26.9 Å². The second-order valence-corrected chi connectivity index (χ2v) is 6.37. The number of methoxy groups -OCH3 is 1. The lowest BCUT2D eigenvalue weighted by atomic mass is 10.2. The fourth-order valence-corrected chi connectivity index (χ4v) is 2.74. The first kappa shape index (κ1) is 20.8. The average molecular weight is 400 g/mol. The fourth-order valence-electron chi connectivity index (χ4n) is 2.31. The third-order valence-electron chi connectivity index (χ3n) is 3.59. The molecular formula is C19H23Cl2NO4. The standard InChI is InChI=1S/C19H23Cl2NO4/c1-24-18-10-15(12-22-5-7-25-8-6-23)17(21)11-19(18)26-13-14-3-2-4-16(20)9-14/h2-4,9-11,22-23H,5-8,12-13H2,1H3. The number of nitrogens with one attached hydrogen (secondary N) is 1. The summed E-state index contributed by atoms with van der Waals surface area (Å²) in [5.41, 5.74) is 1.87. The van der Waals surface area contributed by atoms with Gasteiger partial charge in [-0.3, -0.25) is 0 Å². The van der Waals surface area contributed by atoms with Crippen LogP contribution in [-0.2, 0) is 17.9 Å². The van der Waals surface area contributed by atoms with Gasteiger partial charge in [-0.25, -0.2) is 0 Å². The molecule has 5 nitrogen and oxygen atoms in total. The molecule has 0 heterocycles. The van der Waals surface area contributed by atoms with E-state index in [4.69, 9.17) is 42.5 Å².